The summed E-state index contributed by atoms with van der Waals surface area (Å²) in [5, 5.41) is 12.6. The van der Waals surface area contributed by atoms with Crippen LogP contribution in [0.1, 0.15) is 38.1 Å². The molecular weight excluding hydrogens is 428 g/mol. The highest BCUT2D eigenvalue weighted by molar-refractivity contribution is 8.00. The highest BCUT2D eigenvalue weighted by atomic mass is 32.2. The molecule has 1 aliphatic carbocycles. The Hall–Kier alpha value is -2.45. The maximum Gasteiger partial charge on any atom is 0.234 e. The molecule has 3 aromatic rings. The number of anilines is 1. The van der Waals surface area contributed by atoms with Gasteiger partial charge in [0.25, 0.3) is 0 Å². The number of hydrogen-bond donors (Lipinski definition) is 1. The summed E-state index contributed by atoms with van der Waals surface area (Å²) in [6.45, 7) is 3.76. The molecule has 1 fully saturated rings. The van der Waals surface area contributed by atoms with Gasteiger partial charge in [-0.3, -0.25) is 9.36 Å². The average molecular weight is 455 g/mol. The zero-order valence-corrected chi connectivity index (χ0v) is 19.0. The van der Waals surface area contributed by atoms with Gasteiger partial charge in [-0.2, -0.15) is 0 Å². The average Bonchev–Trinajstić information content (AvgIpc) is 3.47. The van der Waals surface area contributed by atoms with Gasteiger partial charge < -0.3 is 9.73 Å². The van der Waals surface area contributed by atoms with Gasteiger partial charge in [0.1, 0.15) is 0 Å². The van der Waals surface area contributed by atoms with Gasteiger partial charge in [0.15, 0.2) is 10.9 Å². The second-order valence-electron chi connectivity index (χ2n) is 7.38. The van der Waals surface area contributed by atoms with Crippen LogP contribution in [0.2, 0.25) is 0 Å². The molecule has 1 aromatic carbocycles. The number of carbonyl (C=O) groups excluding carboxylic acids is 1. The minimum atomic E-state index is -0.0607. The molecule has 0 unspecified atom stereocenters. The van der Waals surface area contributed by atoms with Crippen molar-refractivity contribution in [1.29, 1.82) is 0 Å². The van der Waals surface area contributed by atoms with E-state index in [4.69, 9.17) is 4.42 Å². The first-order chi connectivity index (χ1) is 15.3. The third-order valence-corrected chi connectivity index (χ3v) is 7.21. The van der Waals surface area contributed by atoms with Crippen molar-refractivity contribution >= 4 is 35.1 Å². The maximum absolute atomic E-state index is 12.7. The summed E-state index contributed by atoms with van der Waals surface area (Å²) >= 11 is 3.07. The Morgan fingerprint density at radius 1 is 1.16 bits per heavy atom. The second kappa shape index (κ2) is 10.7. The van der Waals surface area contributed by atoms with E-state index in [0.717, 1.165) is 40.2 Å². The Bertz CT molecular complexity index is 1010. The van der Waals surface area contributed by atoms with Crippen molar-refractivity contribution in [1.82, 2.24) is 14.8 Å². The Morgan fingerprint density at radius 3 is 2.77 bits per heavy atom. The SMILES string of the molecule is C=CCSc1ccccc1NC(=O)CSc1nnc(-c2ccco2)n1C1CCCCC1. The van der Waals surface area contributed by atoms with Crippen LogP contribution in [0, 0.1) is 0 Å². The van der Waals surface area contributed by atoms with Crippen LogP contribution in [0.5, 0.6) is 0 Å². The van der Waals surface area contributed by atoms with Gasteiger partial charge >= 0.3 is 0 Å². The highest BCUT2D eigenvalue weighted by Gasteiger charge is 2.25. The number of hydrogen-bond acceptors (Lipinski definition) is 6. The summed E-state index contributed by atoms with van der Waals surface area (Å²) in [6.07, 6.45) is 9.36. The van der Waals surface area contributed by atoms with E-state index in [-0.39, 0.29) is 11.7 Å². The smallest absolute Gasteiger partial charge is 0.234 e. The lowest BCUT2D eigenvalue weighted by Crippen LogP contribution is -2.17. The molecule has 4 rings (SSSR count). The molecule has 0 saturated heterocycles. The summed E-state index contributed by atoms with van der Waals surface area (Å²) < 4.78 is 7.76. The van der Waals surface area contributed by atoms with Crippen molar-refractivity contribution < 1.29 is 9.21 Å². The molecule has 1 amide bonds. The number of nitrogens with zero attached hydrogens (tertiary/aromatic N) is 3. The topological polar surface area (TPSA) is 73.0 Å². The van der Waals surface area contributed by atoms with Crippen molar-refractivity contribution in [3.8, 4) is 11.6 Å². The van der Waals surface area contributed by atoms with Crippen LogP contribution in [-0.4, -0.2) is 32.2 Å². The number of carbonyl (C=O) groups is 1. The van der Waals surface area contributed by atoms with E-state index in [1.54, 1.807) is 18.0 Å². The first-order valence-corrected chi connectivity index (χ1v) is 12.5. The highest BCUT2D eigenvalue weighted by Crippen LogP contribution is 2.36. The van der Waals surface area contributed by atoms with Gasteiger partial charge in [-0.15, -0.1) is 28.5 Å². The molecule has 0 radical (unpaired) electrons. The summed E-state index contributed by atoms with van der Waals surface area (Å²) in [5.74, 6) is 2.45. The molecule has 0 bridgehead atoms. The van der Waals surface area contributed by atoms with Crippen molar-refractivity contribution in [3.05, 3.63) is 55.3 Å². The lowest BCUT2D eigenvalue weighted by Gasteiger charge is -2.25. The maximum atomic E-state index is 12.7. The van der Waals surface area contributed by atoms with Crippen LogP contribution in [0.25, 0.3) is 11.6 Å². The van der Waals surface area contributed by atoms with Crippen LogP contribution >= 0.6 is 23.5 Å². The molecule has 1 aliphatic rings. The number of furan rings is 1. The number of aromatic nitrogens is 3. The fourth-order valence-electron chi connectivity index (χ4n) is 3.78. The lowest BCUT2D eigenvalue weighted by atomic mass is 9.95. The molecule has 0 atom stereocenters. The number of benzene rings is 1. The van der Waals surface area contributed by atoms with Crippen LogP contribution in [-0.2, 0) is 4.79 Å². The molecule has 162 valence electrons. The van der Waals surface area contributed by atoms with E-state index >= 15 is 0 Å². The van der Waals surface area contributed by atoms with Crippen molar-refractivity contribution in [3.63, 3.8) is 0 Å². The Labute approximate surface area is 190 Å². The predicted octanol–water partition coefficient (Wildman–Crippen LogP) is 6.05. The zero-order valence-electron chi connectivity index (χ0n) is 17.3. The minimum Gasteiger partial charge on any atom is -0.461 e. The van der Waals surface area contributed by atoms with E-state index < -0.39 is 0 Å². The van der Waals surface area contributed by atoms with E-state index in [1.165, 1.54) is 31.0 Å². The van der Waals surface area contributed by atoms with E-state index in [9.17, 15) is 4.79 Å². The molecule has 2 heterocycles. The Kier molecular flexibility index (Phi) is 7.53. The summed E-state index contributed by atoms with van der Waals surface area (Å²) in [7, 11) is 0. The lowest BCUT2D eigenvalue weighted by molar-refractivity contribution is -0.113. The molecule has 31 heavy (non-hydrogen) atoms. The van der Waals surface area contributed by atoms with Crippen LogP contribution < -0.4 is 5.32 Å². The van der Waals surface area contributed by atoms with Crippen molar-refractivity contribution in [2.75, 3.05) is 16.8 Å². The number of amides is 1. The van der Waals surface area contributed by atoms with E-state index in [1.807, 2.05) is 42.5 Å². The van der Waals surface area contributed by atoms with Crippen LogP contribution in [0.3, 0.4) is 0 Å². The number of rotatable bonds is 9. The monoisotopic (exact) mass is 454 g/mol. The molecule has 1 N–H and O–H groups in total. The van der Waals surface area contributed by atoms with Gasteiger partial charge in [-0.25, -0.2) is 0 Å². The minimum absolute atomic E-state index is 0.0607. The van der Waals surface area contributed by atoms with E-state index in [2.05, 4.69) is 26.7 Å². The first-order valence-electron chi connectivity index (χ1n) is 10.5. The number of nitrogens with one attached hydrogen (secondary N) is 1. The zero-order chi connectivity index (χ0) is 21.5. The fraction of sp³-hybridized carbons (Fsp3) is 0.348. The van der Waals surface area contributed by atoms with Crippen molar-refractivity contribution in [2.24, 2.45) is 0 Å². The van der Waals surface area contributed by atoms with Gasteiger partial charge in [-0.1, -0.05) is 49.2 Å². The van der Waals surface area contributed by atoms with Crippen molar-refractivity contribution in [2.45, 2.75) is 48.2 Å². The summed E-state index contributed by atoms with van der Waals surface area (Å²) in [5.41, 5.74) is 0.824. The molecular formula is C23H26N4O2S2. The third kappa shape index (κ3) is 5.43. The molecule has 2 aromatic heterocycles. The summed E-state index contributed by atoms with van der Waals surface area (Å²) in [6, 6.07) is 11.9. The third-order valence-electron chi connectivity index (χ3n) is 5.20. The standard InChI is InChI=1S/C23H26N4O2S2/c1-2-15-30-20-13-7-6-11-18(20)24-21(28)16-31-23-26-25-22(19-12-8-14-29-19)27(23)17-9-4-3-5-10-17/h2,6-8,11-14,17H,1,3-5,9-10,15-16H2,(H,24,28). The van der Waals surface area contributed by atoms with Crippen LogP contribution in [0.4, 0.5) is 5.69 Å². The summed E-state index contributed by atoms with van der Waals surface area (Å²) in [4.78, 5) is 13.7. The molecule has 0 spiro atoms. The first kappa shape index (κ1) is 21.8. The Morgan fingerprint density at radius 2 is 2.00 bits per heavy atom. The quantitative estimate of drug-likeness (QED) is 0.313. The second-order valence-corrected chi connectivity index (χ2v) is 9.38. The molecule has 8 heteroatoms. The number of thioether (sulfide) groups is 2. The fourth-order valence-corrected chi connectivity index (χ4v) is 5.33. The largest absolute Gasteiger partial charge is 0.461 e. The van der Waals surface area contributed by atoms with Crippen LogP contribution in [0.15, 0.2) is 69.8 Å². The Balaban J connectivity index is 1.47. The van der Waals surface area contributed by atoms with E-state index in [0.29, 0.717) is 11.8 Å². The van der Waals surface area contributed by atoms with Gasteiger partial charge in [0, 0.05) is 16.7 Å². The molecule has 6 nitrogen and oxygen atoms in total. The molecule has 0 aliphatic heterocycles. The predicted molar refractivity (Wildman–Crippen MR) is 127 cm³/mol. The normalized spacial score (nSPS) is 14.5. The van der Waals surface area contributed by atoms with Gasteiger partial charge in [0.2, 0.25) is 11.7 Å². The number of para-hydroxylation sites is 1. The van der Waals surface area contributed by atoms with Gasteiger partial charge in [-0.05, 0) is 37.1 Å². The van der Waals surface area contributed by atoms with Gasteiger partial charge in [0.05, 0.1) is 17.7 Å². The molecule has 1 saturated carbocycles.